The molecule has 2 rings (SSSR count). The van der Waals surface area contributed by atoms with Crippen LogP contribution in [-0.2, 0) is 0 Å². The number of hydrogen-bond acceptors (Lipinski definition) is 2. The van der Waals surface area contributed by atoms with E-state index >= 15 is 0 Å². The number of aromatic carboxylic acids is 1. The molecule has 86 valence electrons. The summed E-state index contributed by atoms with van der Waals surface area (Å²) in [6, 6.07) is 11.7. The van der Waals surface area contributed by atoms with Crippen molar-refractivity contribution in [3.63, 3.8) is 0 Å². The maximum Gasteiger partial charge on any atom is 0.335 e. The van der Waals surface area contributed by atoms with Gasteiger partial charge in [0.2, 0.25) is 0 Å². The number of nitrogen functional groups attached to an aromatic ring is 1. The average Bonchev–Trinajstić information content (AvgIpc) is 2.30. The summed E-state index contributed by atoms with van der Waals surface area (Å²) in [4.78, 5) is 10.9. The van der Waals surface area contributed by atoms with Crippen molar-refractivity contribution in [2.75, 3.05) is 5.73 Å². The van der Waals surface area contributed by atoms with Gasteiger partial charge in [-0.25, -0.2) is 4.79 Å². The Morgan fingerprint density at radius 1 is 1.12 bits per heavy atom. The molecular formula is C13H10ClNO2. The Labute approximate surface area is 103 Å². The maximum atomic E-state index is 10.9. The highest BCUT2D eigenvalue weighted by Crippen LogP contribution is 2.32. The Balaban J connectivity index is 2.63. The molecule has 0 atom stereocenters. The number of anilines is 1. The molecule has 4 heteroatoms. The first-order valence-corrected chi connectivity index (χ1v) is 5.35. The van der Waals surface area contributed by atoms with Crippen LogP contribution in [0, 0.1) is 0 Å². The SMILES string of the molecule is Nc1ccc(C(=O)O)cc1-c1ccccc1Cl. The molecule has 0 aliphatic carbocycles. The summed E-state index contributed by atoms with van der Waals surface area (Å²) in [6.45, 7) is 0. The van der Waals surface area contributed by atoms with E-state index in [4.69, 9.17) is 22.4 Å². The van der Waals surface area contributed by atoms with E-state index in [1.54, 1.807) is 18.2 Å². The number of rotatable bonds is 2. The van der Waals surface area contributed by atoms with Gasteiger partial charge >= 0.3 is 5.97 Å². The number of benzene rings is 2. The van der Waals surface area contributed by atoms with Crippen molar-refractivity contribution in [2.24, 2.45) is 0 Å². The van der Waals surface area contributed by atoms with Crippen LogP contribution in [-0.4, -0.2) is 11.1 Å². The molecule has 0 aromatic heterocycles. The summed E-state index contributed by atoms with van der Waals surface area (Å²) in [5, 5.41) is 9.49. The second-order valence-corrected chi connectivity index (χ2v) is 3.99. The standard InChI is InChI=1S/C13H10ClNO2/c14-11-4-2-1-3-9(11)10-7-8(13(16)17)5-6-12(10)15/h1-7H,15H2,(H,16,17). The number of carboxylic acid groups (broad SMARTS) is 1. The van der Waals surface area contributed by atoms with E-state index < -0.39 is 5.97 Å². The number of carbonyl (C=O) groups is 1. The largest absolute Gasteiger partial charge is 0.478 e. The zero-order chi connectivity index (χ0) is 12.4. The fraction of sp³-hybridized carbons (Fsp3) is 0. The van der Waals surface area contributed by atoms with Crippen LogP contribution in [0.2, 0.25) is 5.02 Å². The molecule has 2 aromatic rings. The fourth-order valence-corrected chi connectivity index (χ4v) is 1.84. The highest BCUT2D eigenvalue weighted by molar-refractivity contribution is 6.33. The molecular weight excluding hydrogens is 238 g/mol. The molecule has 3 nitrogen and oxygen atoms in total. The van der Waals surface area contributed by atoms with Crippen molar-refractivity contribution in [3.05, 3.63) is 53.1 Å². The minimum atomic E-state index is -0.988. The first-order chi connectivity index (χ1) is 8.09. The van der Waals surface area contributed by atoms with E-state index in [0.29, 0.717) is 16.3 Å². The zero-order valence-electron chi connectivity index (χ0n) is 8.85. The fourth-order valence-electron chi connectivity index (χ4n) is 1.60. The van der Waals surface area contributed by atoms with E-state index in [1.165, 1.54) is 12.1 Å². The van der Waals surface area contributed by atoms with Crippen LogP contribution < -0.4 is 5.73 Å². The predicted octanol–water partition coefficient (Wildman–Crippen LogP) is 3.29. The molecule has 3 N–H and O–H groups in total. The summed E-state index contributed by atoms with van der Waals surface area (Å²) >= 11 is 6.06. The lowest BCUT2D eigenvalue weighted by Crippen LogP contribution is -1.99. The van der Waals surface area contributed by atoms with Gasteiger partial charge in [0.15, 0.2) is 0 Å². The summed E-state index contributed by atoms with van der Waals surface area (Å²) in [6.07, 6.45) is 0. The minimum absolute atomic E-state index is 0.189. The highest BCUT2D eigenvalue weighted by Gasteiger charge is 2.10. The Kier molecular flexibility index (Phi) is 3.02. The molecule has 17 heavy (non-hydrogen) atoms. The monoisotopic (exact) mass is 247 g/mol. The Hall–Kier alpha value is -2.00. The highest BCUT2D eigenvalue weighted by atomic mass is 35.5. The second-order valence-electron chi connectivity index (χ2n) is 3.59. The van der Waals surface area contributed by atoms with Crippen LogP contribution in [0.25, 0.3) is 11.1 Å². The molecule has 0 spiro atoms. The quantitative estimate of drug-likeness (QED) is 0.801. The molecule has 0 saturated carbocycles. The molecule has 0 saturated heterocycles. The smallest absolute Gasteiger partial charge is 0.335 e. The van der Waals surface area contributed by atoms with Gasteiger partial charge in [0.1, 0.15) is 0 Å². The van der Waals surface area contributed by atoms with Crippen LogP contribution in [0.1, 0.15) is 10.4 Å². The lowest BCUT2D eigenvalue weighted by atomic mass is 10.0. The lowest BCUT2D eigenvalue weighted by Gasteiger charge is -2.08. The van der Waals surface area contributed by atoms with Crippen LogP contribution in [0.5, 0.6) is 0 Å². The summed E-state index contributed by atoms with van der Waals surface area (Å²) in [5.41, 5.74) is 7.90. The van der Waals surface area contributed by atoms with Gasteiger partial charge in [-0.1, -0.05) is 29.8 Å². The Morgan fingerprint density at radius 3 is 2.47 bits per heavy atom. The van der Waals surface area contributed by atoms with Crippen molar-refractivity contribution in [1.82, 2.24) is 0 Å². The molecule has 0 bridgehead atoms. The molecule has 0 unspecified atom stereocenters. The minimum Gasteiger partial charge on any atom is -0.478 e. The topological polar surface area (TPSA) is 63.3 Å². The van der Waals surface area contributed by atoms with Gasteiger partial charge in [-0.05, 0) is 24.3 Å². The molecule has 0 amide bonds. The van der Waals surface area contributed by atoms with Crippen LogP contribution in [0.4, 0.5) is 5.69 Å². The summed E-state index contributed by atoms with van der Waals surface area (Å²) < 4.78 is 0. The van der Waals surface area contributed by atoms with Gasteiger partial charge in [0.25, 0.3) is 0 Å². The number of nitrogens with two attached hydrogens (primary N) is 1. The zero-order valence-corrected chi connectivity index (χ0v) is 9.61. The third kappa shape index (κ3) is 2.24. The molecule has 0 aliphatic heterocycles. The third-order valence-electron chi connectivity index (χ3n) is 2.46. The van der Waals surface area contributed by atoms with Gasteiger partial charge in [-0.15, -0.1) is 0 Å². The van der Waals surface area contributed by atoms with Gasteiger partial charge < -0.3 is 10.8 Å². The number of carboxylic acids is 1. The third-order valence-corrected chi connectivity index (χ3v) is 2.79. The second kappa shape index (κ2) is 4.47. The van der Waals surface area contributed by atoms with E-state index in [9.17, 15) is 4.79 Å². The van der Waals surface area contributed by atoms with Crippen LogP contribution in [0.3, 0.4) is 0 Å². The first kappa shape index (κ1) is 11.5. The Morgan fingerprint density at radius 2 is 1.82 bits per heavy atom. The Bertz CT molecular complexity index is 581. The summed E-state index contributed by atoms with van der Waals surface area (Å²) in [7, 11) is 0. The van der Waals surface area contributed by atoms with Crippen molar-refractivity contribution in [3.8, 4) is 11.1 Å². The van der Waals surface area contributed by atoms with Crippen LogP contribution in [0.15, 0.2) is 42.5 Å². The maximum absolute atomic E-state index is 10.9. The van der Waals surface area contributed by atoms with Gasteiger partial charge in [-0.3, -0.25) is 0 Å². The van der Waals surface area contributed by atoms with E-state index in [0.717, 1.165) is 5.56 Å². The van der Waals surface area contributed by atoms with Crippen molar-refractivity contribution >= 4 is 23.3 Å². The van der Waals surface area contributed by atoms with Crippen molar-refractivity contribution < 1.29 is 9.90 Å². The number of hydrogen-bond donors (Lipinski definition) is 2. The molecule has 0 heterocycles. The number of halogens is 1. The normalized spacial score (nSPS) is 10.2. The van der Waals surface area contributed by atoms with E-state index in [1.807, 2.05) is 12.1 Å². The predicted molar refractivity (Wildman–Crippen MR) is 68.3 cm³/mol. The first-order valence-electron chi connectivity index (χ1n) is 4.97. The lowest BCUT2D eigenvalue weighted by molar-refractivity contribution is 0.0697. The van der Waals surface area contributed by atoms with E-state index in [2.05, 4.69) is 0 Å². The van der Waals surface area contributed by atoms with E-state index in [-0.39, 0.29) is 5.56 Å². The molecule has 0 aliphatic rings. The van der Waals surface area contributed by atoms with Crippen molar-refractivity contribution in [1.29, 1.82) is 0 Å². The molecule has 0 radical (unpaired) electrons. The van der Waals surface area contributed by atoms with Crippen LogP contribution >= 0.6 is 11.6 Å². The molecule has 0 fully saturated rings. The average molecular weight is 248 g/mol. The summed E-state index contributed by atoms with van der Waals surface area (Å²) in [5.74, 6) is -0.988. The van der Waals surface area contributed by atoms with Gasteiger partial charge in [-0.2, -0.15) is 0 Å². The van der Waals surface area contributed by atoms with Gasteiger partial charge in [0, 0.05) is 21.8 Å². The van der Waals surface area contributed by atoms with Gasteiger partial charge in [0.05, 0.1) is 5.56 Å². The molecule has 2 aromatic carbocycles. The van der Waals surface area contributed by atoms with Crippen molar-refractivity contribution in [2.45, 2.75) is 0 Å².